The topological polar surface area (TPSA) is 32.3 Å². The third-order valence-electron chi connectivity index (χ3n) is 0.884. The molecule has 0 aliphatic rings. The molecule has 0 bridgehead atoms. The van der Waals surface area contributed by atoms with E-state index in [1.54, 1.807) is 0 Å². The minimum Gasteiger partial charge on any atom is -0.338 e. The normalized spacial score (nSPS) is 21.8. The molecule has 0 aliphatic carbocycles. The molecule has 0 heterocycles. The third kappa shape index (κ3) is 4.89. The fourth-order valence-corrected chi connectivity index (χ4v) is 1.17. The summed E-state index contributed by atoms with van der Waals surface area (Å²) in [5.41, 5.74) is 0. The van der Waals surface area contributed by atoms with Crippen LogP contribution in [0.25, 0.3) is 0 Å². The summed E-state index contributed by atoms with van der Waals surface area (Å²) < 4.78 is 45.8. The van der Waals surface area contributed by atoms with Gasteiger partial charge in [-0.1, -0.05) is 10.5 Å². The van der Waals surface area contributed by atoms with E-state index in [0.29, 0.717) is 0 Å². The molecule has 0 rings (SSSR count). The Bertz CT molecular complexity index is 114. The fraction of sp³-hybridized carbons (Fsp3) is 1.00. The highest BCUT2D eigenvalue weighted by atomic mass is 32.3. The zero-order valence-corrected chi connectivity index (χ0v) is 6.51. The van der Waals surface area contributed by atoms with E-state index >= 15 is 0 Å². The van der Waals surface area contributed by atoms with Crippen LogP contribution in [0, 0.1) is 0 Å². The van der Waals surface area contributed by atoms with E-state index in [1.807, 2.05) is 0 Å². The SMILES string of the molecule is CNS(C)(O)CC(F)(F)F. The maximum absolute atomic E-state index is 11.6. The number of alkyl halides is 3. The Morgan fingerprint density at radius 2 is 1.90 bits per heavy atom. The Morgan fingerprint density at radius 3 is 2.00 bits per heavy atom. The first kappa shape index (κ1) is 10.1. The highest BCUT2D eigenvalue weighted by molar-refractivity contribution is 8.26. The smallest absolute Gasteiger partial charge is 0.338 e. The Hall–Kier alpha value is 0.0600. The van der Waals surface area contributed by atoms with Crippen molar-refractivity contribution in [1.82, 2.24) is 4.72 Å². The molecule has 0 aromatic carbocycles. The van der Waals surface area contributed by atoms with Crippen molar-refractivity contribution in [3.8, 4) is 0 Å². The summed E-state index contributed by atoms with van der Waals surface area (Å²) in [7, 11) is -1.35. The number of nitrogens with one attached hydrogen (secondary N) is 1. The summed E-state index contributed by atoms with van der Waals surface area (Å²) in [4.78, 5) is 0. The molecule has 2 N–H and O–H groups in total. The van der Waals surface area contributed by atoms with Crippen LogP contribution in [0.5, 0.6) is 0 Å². The average Bonchev–Trinajstić information content (AvgIpc) is 1.60. The van der Waals surface area contributed by atoms with Gasteiger partial charge >= 0.3 is 6.18 Å². The van der Waals surface area contributed by atoms with E-state index in [-0.39, 0.29) is 0 Å². The van der Waals surface area contributed by atoms with Crippen LogP contribution in [0.2, 0.25) is 0 Å². The van der Waals surface area contributed by atoms with Gasteiger partial charge in [-0.2, -0.15) is 13.2 Å². The summed E-state index contributed by atoms with van der Waals surface area (Å²) in [6.45, 7) is 0. The van der Waals surface area contributed by atoms with Crippen LogP contribution in [-0.2, 0) is 0 Å². The molecule has 6 heteroatoms. The van der Waals surface area contributed by atoms with Crippen molar-refractivity contribution >= 4 is 10.5 Å². The van der Waals surface area contributed by atoms with Gasteiger partial charge in [0.2, 0.25) is 0 Å². The second kappa shape index (κ2) is 2.98. The number of hydrogen-bond donors (Lipinski definition) is 2. The van der Waals surface area contributed by atoms with Crippen molar-refractivity contribution in [3.63, 3.8) is 0 Å². The highest BCUT2D eigenvalue weighted by Gasteiger charge is 2.34. The first-order valence-electron chi connectivity index (χ1n) is 2.50. The van der Waals surface area contributed by atoms with Crippen molar-refractivity contribution in [3.05, 3.63) is 0 Å². The Morgan fingerprint density at radius 1 is 1.50 bits per heavy atom. The van der Waals surface area contributed by atoms with Crippen molar-refractivity contribution in [2.75, 3.05) is 19.1 Å². The first-order chi connectivity index (χ1) is 4.27. The van der Waals surface area contributed by atoms with Crippen LogP contribution < -0.4 is 4.72 Å². The standard InChI is InChI=1S/C4H10F3NOS/c1-8-10(2,9)3-4(5,6)7/h8-9H,3H2,1-2H3. The summed E-state index contributed by atoms with van der Waals surface area (Å²) in [6, 6.07) is 0. The van der Waals surface area contributed by atoms with Crippen LogP contribution in [0.15, 0.2) is 0 Å². The molecule has 0 saturated heterocycles. The lowest BCUT2D eigenvalue weighted by atomic mass is 10.8. The maximum Gasteiger partial charge on any atom is 0.399 e. The lowest BCUT2D eigenvalue weighted by molar-refractivity contribution is -0.106. The predicted molar refractivity (Wildman–Crippen MR) is 36.1 cm³/mol. The molecule has 10 heavy (non-hydrogen) atoms. The summed E-state index contributed by atoms with van der Waals surface area (Å²) >= 11 is 0. The van der Waals surface area contributed by atoms with Gasteiger partial charge in [-0.05, 0) is 7.05 Å². The molecule has 0 radical (unpaired) electrons. The monoisotopic (exact) mass is 177 g/mol. The van der Waals surface area contributed by atoms with Gasteiger partial charge in [-0.15, -0.1) is 0 Å². The van der Waals surface area contributed by atoms with Gasteiger partial charge < -0.3 is 4.55 Å². The molecular formula is C4H10F3NOS. The molecule has 0 aromatic heterocycles. The number of halogens is 3. The molecule has 1 atom stereocenters. The molecular weight excluding hydrogens is 167 g/mol. The molecule has 1 unspecified atom stereocenters. The van der Waals surface area contributed by atoms with Crippen LogP contribution >= 0.6 is 10.5 Å². The van der Waals surface area contributed by atoms with Crippen LogP contribution in [0.4, 0.5) is 13.2 Å². The Kier molecular flexibility index (Phi) is 3.00. The molecule has 64 valence electrons. The highest BCUT2D eigenvalue weighted by Crippen LogP contribution is 2.39. The molecule has 0 fully saturated rings. The van der Waals surface area contributed by atoms with Gasteiger partial charge in [-0.25, -0.2) is 0 Å². The van der Waals surface area contributed by atoms with Crippen LogP contribution in [-0.4, -0.2) is 29.8 Å². The molecule has 0 amide bonds. The second-order valence-electron chi connectivity index (χ2n) is 2.00. The van der Waals surface area contributed by atoms with Crippen LogP contribution in [0.3, 0.4) is 0 Å². The molecule has 0 aromatic rings. The summed E-state index contributed by atoms with van der Waals surface area (Å²) in [6.07, 6.45) is -3.14. The minimum atomic E-state index is -4.29. The van der Waals surface area contributed by atoms with Crippen molar-refractivity contribution in [2.24, 2.45) is 0 Å². The zero-order valence-electron chi connectivity index (χ0n) is 5.70. The van der Waals surface area contributed by atoms with Crippen molar-refractivity contribution in [1.29, 1.82) is 0 Å². The van der Waals surface area contributed by atoms with Gasteiger partial charge in [-0.3, -0.25) is 4.72 Å². The predicted octanol–water partition coefficient (Wildman–Crippen LogP) is 1.59. The van der Waals surface area contributed by atoms with Gasteiger partial charge in [0, 0.05) is 6.26 Å². The molecule has 2 nitrogen and oxygen atoms in total. The van der Waals surface area contributed by atoms with E-state index in [4.69, 9.17) is 4.55 Å². The maximum atomic E-state index is 11.6. The van der Waals surface area contributed by atoms with Gasteiger partial charge in [0.25, 0.3) is 0 Å². The summed E-state index contributed by atoms with van der Waals surface area (Å²) in [5.74, 6) is -1.16. The molecule has 0 spiro atoms. The van der Waals surface area contributed by atoms with E-state index in [0.717, 1.165) is 6.26 Å². The van der Waals surface area contributed by atoms with Crippen molar-refractivity contribution < 1.29 is 17.7 Å². The lowest BCUT2D eigenvalue weighted by Gasteiger charge is -2.28. The van der Waals surface area contributed by atoms with E-state index in [9.17, 15) is 13.2 Å². The molecule has 0 aliphatic heterocycles. The molecule has 0 saturated carbocycles. The fourth-order valence-electron chi connectivity index (χ4n) is 0.391. The van der Waals surface area contributed by atoms with E-state index in [2.05, 4.69) is 4.72 Å². The Balaban J connectivity index is 3.89. The van der Waals surface area contributed by atoms with E-state index in [1.165, 1.54) is 7.05 Å². The largest absolute Gasteiger partial charge is 0.399 e. The quantitative estimate of drug-likeness (QED) is 0.671. The van der Waals surface area contributed by atoms with Crippen molar-refractivity contribution in [2.45, 2.75) is 6.18 Å². The van der Waals surface area contributed by atoms with E-state index < -0.39 is 22.4 Å². The van der Waals surface area contributed by atoms with Gasteiger partial charge in [0.1, 0.15) is 5.75 Å². The lowest BCUT2D eigenvalue weighted by Crippen LogP contribution is -2.27. The third-order valence-corrected chi connectivity index (χ3v) is 2.65. The zero-order chi connectivity index (χ0) is 8.41. The number of hydrogen-bond acceptors (Lipinski definition) is 2. The summed E-state index contributed by atoms with van der Waals surface area (Å²) in [5, 5.41) is 0. The first-order valence-corrected chi connectivity index (χ1v) is 4.67. The van der Waals surface area contributed by atoms with Gasteiger partial charge in [0.15, 0.2) is 0 Å². The minimum absolute atomic E-state index is 1.15. The Labute approximate surface area is 59.1 Å². The number of rotatable bonds is 2. The van der Waals surface area contributed by atoms with Crippen LogP contribution in [0.1, 0.15) is 0 Å². The van der Waals surface area contributed by atoms with Gasteiger partial charge in [0.05, 0.1) is 0 Å². The average molecular weight is 177 g/mol. The second-order valence-corrected chi connectivity index (χ2v) is 4.78.